The second-order valence-electron chi connectivity index (χ2n) is 7.35. The lowest BCUT2D eigenvalue weighted by Crippen LogP contribution is -2.20. The second-order valence-corrected chi connectivity index (χ2v) is 7.35. The minimum Gasteiger partial charge on any atom is -0.444 e. The van der Waals surface area contributed by atoms with Crippen LogP contribution in [0, 0.1) is 29.6 Å². The van der Waals surface area contributed by atoms with Crippen LogP contribution in [0.15, 0.2) is 47.6 Å². The Hall–Kier alpha value is -2.27. The van der Waals surface area contributed by atoms with Crippen molar-refractivity contribution in [3.63, 3.8) is 0 Å². The van der Waals surface area contributed by atoms with Crippen LogP contribution in [0.5, 0.6) is 0 Å². The molecule has 0 spiro atoms. The molecule has 0 N–H and O–H groups in total. The zero-order chi connectivity index (χ0) is 17.9. The first-order valence-electron chi connectivity index (χ1n) is 8.32. The molecule has 2 heteroatoms. The largest absolute Gasteiger partial charge is 0.444 e. The number of allylic oxidation sites excluding steroid dienone is 2. The first-order chi connectivity index (χ1) is 11.3. The van der Waals surface area contributed by atoms with Crippen molar-refractivity contribution in [3.05, 3.63) is 53.1 Å². The van der Waals surface area contributed by atoms with Gasteiger partial charge in [0.1, 0.15) is 0 Å². The van der Waals surface area contributed by atoms with Crippen molar-refractivity contribution in [3.8, 4) is 12.3 Å². The maximum absolute atomic E-state index is 12.6. The summed E-state index contributed by atoms with van der Waals surface area (Å²) in [5.41, 5.74) is 3.05. The Labute approximate surface area is 145 Å². The van der Waals surface area contributed by atoms with Gasteiger partial charge in [-0.25, -0.2) is 0 Å². The SMILES string of the molecule is C#CC(OC(=O)C1C(C=C(C)C)C1(C)C)C(C)=Cc1ccccc1. The fourth-order valence-electron chi connectivity index (χ4n) is 3.13. The lowest BCUT2D eigenvalue weighted by atomic mass is 10.1. The zero-order valence-electron chi connectivity index (χ0n) is 15.2. The topological polar surface area (TPSA) is 26.3 Å². The summed E-state index contributed by atoms with van der Waals surface area (Å²) in [6.07, 6.45) is 9.09. The quantitative estimate of drug-likeness (QED) is 0.439. The van der Waals surface area contributed by atoms with Crippen LogP contribution in [0.25, 0.3) is 6.08 Å². The molecule has 24 heavy (non-hydrogen) atoms. The van der Waals surface area contributed by atoms with Crippen molar-refractivity contribution < 1.29 is 9.53 Å². The second kappa shape index (κ2) is 7.09. The first-order valence-corrected chi connectivity index (χ1v) is 8.32. The fourth-order valence-corrected chi connectivity index (χ4v) is 3.13. The molecule has 0 saturated heterocycles. The van der Waals surface area contributed by atoms with E-state index in [4.69, 9.17) is 11.2 Å². The lowest BCUT2D eigenvalue weighted by Gasteiger charge is -2.14. The third-order valence-corrected chi connectivity index (χ3v) is 4.67. The van der Waals surface area contributed by atoms with Gasteiger partial charge in [-0.15, -0.1) is 6.42 Å². The van der Waals surface area contributed by atoms with Gasteiger partial charge in [-0.3, -0.25) is 4.79 Å². The Morgan fingerprint density at radius 2 is 1.88 bits per heavy atom. The Morgan fingerprint density at radius 3 is 2.42 bits per heavy atom. The molecule has 3 unspecified atom stereocenters. The van der Waals surface area contributed by atoms with Gasteiger partial charge in [0.2, 0.25) is 0 Å². The van der Waals surface area contributed by atoms with Crippen molar-refractivity contribution in [1.82, 2.24) is 0 Å². The monoisotopic (exact) mass is 322 g/mol. The van der Waals surface area contributed by atoms with Crippen LogP contribution in [-0.4, -0.2) is 12.1 Å². The van der Waals surface area contributed by atoms with Crippen LogP contribution in [0.1, 0.15) is 40.2 Å². The third-order valence-electron chi connectivity index (χ3n) is 4.67. The van der Waals surface area contributed by atoms with E-state index in [0.29, 0.717) is 0 Å². The van der Waals surface area contributed by atoms with Crippen molar-refractivity contribution in [1.29, 1.82) is 0 Å². The number of hydrogen-bond donors (Lipinski definition) is 0. The zero-order valence-corrected chi connectivity index (χ0v) is 15.2. The molecule has 1 saturated carbocycles. The molecule has 0 amide bonds. The minimum absolute atomic E-state index is 0.0649. The van der Waals surface area contributed by atoms with E-state index < -0.39 is 6.10 Å². The molecule has 1 fully saturated rings. The van der Waals surface area contributed by atoms with Crippen LogP contribution in [0.2, 0.25) is 0 Å². The number of hydrogen-bond acceptors (Lipinski definition) is 2. The standard InChI is InChI=1S/C22H26O2/c1-7-19(16(4)14-17-11-9-8-10-12-17)24-21(23)20-18(13-15(2)3)22(20,5)6/h1,8-14,18-20H,2-6H3. The van der Waals surface area contributed by atoms with E-state index in [0.717, 1.165) is 11.1 Å². The van der Waals surface area contributed by atoms with Gasteiger partial charge in [-0.1, -0.05) is 67.8 Å². The highest BCUT2D eigenvalue weighted by Crippen LogP contribution is 2.59. The number of ether oxygens (including phenoxy) is 1. The van der Waals surface area contributed by atoms with Crippen LogP contribution in [-0.2, 0) is 9.53 Å². The Kier molecular flexibility index (Phi) is 5.34. The summed E-state index contributed by atoms with van der Waals surface area (Å²) >= 11 is 0. The molecule has 0 aliphatic heterocycles. The van der Waals surface area contributed by atoms with E-state index in [1.807, 2.05) is 57.2 Å². The average molecular weight is 322 g/mol. The van der Waals surface area contributed by atoms with Crippen molar-refractivity contribution >= 4 is 12.0 Å². The fraction of sp³-hybridized carbons (Fsp3) is 0.409. The predicted octanol–water partition coefficient (Wildman–Crippen LogP) is 4.87. The molecule has 126 valence electrons. The highest BCUT2D eigenvalue weighted by molar-refractivity contribution is 5.79. The molecule has 0 aromatic heterocycles. The van der Waals surface area contributed by atoms with Gasteiger partial charge < -0.3 is 4.74 Å². The summed E-state index contributed by atoms with van der Waals surface area (Å²) in [4.78, 5) is 12.6. The summed E-state index contributed by atoms with van der Waals surface area (Å²) in [5.74, 6) is 2.50. The maximum Gasteiger partial charge on any atom is 0.311 e. The Morgan fingerprint density at radius 1 is 1.25 bits per heavy atom. The number of rotatable bonds is 5. The number of carbonyl (C=O) groups is 1. The Balaban J connectivity index is 2.09. The molecule has 1 aromatic rings. The number of esters is 1. The molecule has 2 rings (SSSR count). The average Bonchev–Trinajstić information content (AvgIpc) is 3.05. The van der Waals surface area contributed by atoms with Crippen LogP contribution in [0.4, 0.5) is 0 Å². The van der Waals surface area contributed by atoms with Crippen molar-refractivity contribution in [2.75, 3.05) is 0 Å². The summed E-state index contributed by atoms with van der Waals surface area (Å²) in [7, 11) is 0. The van der Waals surface area contributed by atoms with E-state index in [-0.39, 0.29) is 23.2 Å². The van der Waals surface area contributed by atoms with Gasteiger partial charge in [0.15, 0.2) is 6.10 Å². The van der Waals surface area contributed by atoms with E-state index in [9.17, 15) is 4.79 Å². The summed E-state index contributed by atoms with van der Waals surface area (Å²) in [5, 5.41) is 0. The molecule has 0 heterocycles. The smallest absolute Gasteiger partial charge is 0.311 e. The highest BCUT2D eigenvalue weighted by atomic mass is 16.5. The van der Waals surface area contributed by atoms with E-state index in [1.165, 1.54) is 5.57 Å². The molecule has 1 aliphatic carbocycles. The van der Waals surface area contributed by atoms with Gasteiger partial charge in [-0.05, 0) is 43.2 Å². The lowest BCUT2D eigenvalue weighted by molar-refractivity contribution is -0.147. The van der Waals surface area contributed by atoms with E-state index >= 15 is 0 Å². The first kappa shape index (κ1) is 18.1. The number of benzene rings is 1. The summed E-state index contributed by atoms with van der Waals surface area (Å²) < 4.78 is 5.63. The van der Waals surface area contributed by atoms with Gasteiger partial charge in [0.05, 0.1) is 5.92 Å². The Bertz CT molecular complexity index is 697. The van der Waals surface area contributed by atoms with Gasteiger partial charge in [-0.2, -0.15) is 0 Å². The van der Waals surface area contributed by atoms with Crippen LogP contribution < -0.4 is 0 Å². The van der Waals surface area contributed by atoms with Gasteiger partial charge in [0.25, 0.3) is 0 Å². The van der Waals surface area contributed by atoms with Crippen molar-refractivity contribution in [2.24, 2.45) is 17.3 Å². The summed E-state index contributed by atoms with van der Waals surface area (Å²) in [6, 6.07) is 9.88. The number of terminal acetylenes is 1. The maximum atomic E-state index is 12.6. The van der Waals surface area contributed by atoms with Gasteiger partial charge in [0, 0.05) is 0 Å². The molecule has 1 aromatic carbocycles. The predicted molar refractivity (Wildman–Crippen MR) is 99.0 cm³/mol. The third kappa shape index (κ3) is 3.97. The van der Waals surface area contributed by atoms with Crippen molar-refractivity contribution in [2.45, 2.75) is 40.7 Å². The molecular weight excluding hydrogens is 296 g/mol. The number of carbonyl (C=O) groups excluding carboxylic acids is 1. The molecular formula is C22H26O2. The van der Waals surface area contributed by atoms with Crippen LogP contribution >= 0.6 is 0 Å². The highest BCUT2D eigenvalue weighted by Gasteiger charge is 2.61. The van der Waals surface area contributed by atoms with E-state index in [1.54, 1.807) is 0 Å². The van der Waals surface area contributed by atoms with E-state index in [2.05, 4.69) is 25.8 Å². The van der Waals surface area contributed by atoms with Crippen LogP contribution in [0.3, 0.4) is 0 Å². The van der Waals surface area contributed by atoms with Gasteiger partial charge >= 0.3 is 5.97 Å². The molecule has 3 atom stereocenters. The molecule has 2 nitrogen and oxygen atoms in total. The molecule has 1 aliphatic rings. The minimum atomic E-state index is -0.624. The normalized spacial score (nSPS) is 22.9. The molecule has 0 radical (unpaired) electrons. The summed E-state index contributed by atoms with van der Waals surface area (Å²) in [6.45, 7) is 10.2. The molecule has 0 bridgehead atoms.